The summed E-state index contributed by atoms with van der Waals surface area (Å²) in [6.45, 7) is 1.59. The number of rotatable bonds is 0. The van der Waals surface area contributed by atoms with Crippen LogP contribution in [-0.2, 0) is 9.84 Å². The summed E-state index contributed by atoms with van der Waals surface area (Å²) in [5.41, 5.74) is 0.685. The SMILES string of the molecule is CC1=Cc2cc(Cl)ccc2S1(=O)=O. The largest absolute Gasteiger partial charge is 0.219 e. The van der Waals surface area contributed by atoms with E-state index in [1.807, 2.05) is 0 Å². The lowest BCUT2D eigenvalue weighted by molar-refractivity contribution is 0.603. The van der Waals surface area contributed by atoms with Crippen LogP contribution < -0.4 is 0 Å². The molecule has 1 aromatic carbocycles. The topological polar surface area (TPSA) is 34.1 Å². The molecule has 1 heterocycles. The predicted octanol–water partition coefficient (Wildman–Crippen LogP) is 2.49. The van der Waals surface area contributed by atoms with E-state index in [9.17, 15) is 8.42 Å². The molecule has 0 unspecified atom stereocenters. The Hall–Kier alpha value is -0.800. The Labute approximate surface area is 81.8 Å². The molecular weight excluding hydrogens is 208 g/mol. The zero-order chi connectivity index (χ0) is 9.64. The van der Waals surface area contributed by atoms with Crippen LogP contribution in [0.5, 0.6) is 0 Å². The second-order valence-electron chi connectivity index (χ2n) is 2.94. The number of hydrogen-bond acceptors (Lipinski definition) is 2. The van der Waals surface area contributed by atoms with Crippen molar-refractivity contribution in [3.05, 3.63) is 33.7 Å². The van der Waals surface area contributed by atoms with Crippen molar-refractivity contribution in [2.24, 2.45) is 0 Å². The third-order valence-electron chi connectivity index (χ3n) is 2.04. The van der Waals surface area contributed by atoms with Crippen LogP contribution in [0.15, 0.2) is 28.0 Å². The van der Waals surface area contributed by atoms with E-state index in [2.05, 4.69) is 0 Å². The lowest BCUT2D eigenvalue weighted by atomic mass is 10.2. The minimum Gasteiger partial charge on any atom is -0.219 e. The number of sulfone groups is 1. The maximum Gasteiger partial charge on any atom is 0.203 e. The molecule has 0 spiro atoms. The Kier molecular flexibility index (Phi) is 1.75. The van der Waals surface area contributed by atoms with Crippen LogP contribution in [0.2, 0.25) is 5.02 Å². The summed E-state index contributed by atoms with van der Waals surface area (Å²) >= 11 is 5.74. The molecule has 1 aliphatic rings. The van der Waals surface area contributed by atoms with Crippen molar-refractivity contribution in [2.75, 3.05) is 0 Å². The molecule has 0 bridgehead atoms. The molecule has 0 N–H and O–H groups in total. The molecule has 0 atom stereocenters. The minimum atomic E-state index is -3.20. The summed E-state index contributed by atoms with van der Waals surface area (Å²) in [5, 5.41) is 0.555. The van der Waals surface area contributed by atoms with Crippen LogP contribution in [-0.4, -0.2) is 8.42 Å². The first kappa shape index (κ1) is 8.78. The van der Waals surface area contributed by atoms with Gasteiger partial charge in [-0.15, -0.1) is 0 Å². The van der Waals surface area contributed by atoms with Gasteiger partial charge in [-0.3, -0.25) is 0 Å². The predicted molar refractivity (Wildman–Crippen MR) is 52.3 cm³/mol. The van der Waals surface area contributed by atoms with Gasteiger partial charge < -0.3 is 0 Å². The fourth-order valence-electron chi connectivity index (χ4n) is 1.35. The van der Waals surface area contributed by atoms with Crippen molar-refractivity contribution < 1.29 is 8.42 Å². The molecule has 0 fully saturated rings. The van der Waals surface area contributed by atoms with Gasteiger partial charge in [0.15, 0.2) is 0 Å². The second-order valence-corrected chi connectivity index (χ2v) is 5.47. The summed E-state index contributed by atoms with van der Waals surface area (Å²) in [4.78, 5) is 0.735. The van der Waals surface area contributed by atoms with Gasteiger partial charge in [-0.05, 0) is 36.8 Å². The fourth-order valence-corrected chi connectivity index (χ4v) is 2.83. The summed E-state index contributed by atoms with van der Waals surface area (Å²) in [7, 11) is -3.20. The van der Waals surface area contributed by atoms with Crippen LogP contribution in [0.3, 0.4) is 0 Å². The van der Waals surface area contributed by atoms with Crippen LogP contribution in [0, 0.1) is 0 Å². The second kappa shape index (κ2) is 2.59. The first-order chi connectivity index (χ1) is 6.01. The standard InChI is InChI=1S/C9H7ClO2S/c1-6-4-7-5-8(10)2-3-9(7)13(6,11)12/h2-5H,1H3. The molecule has 0 radical (unpaired) electrons. The van der Waals surface area contributed by atoms with Crippen molar-refractivity contribution in [2.45, 2.75) is 11.8 Å². The molecule has 0 aliphatic carbocycles. The van der Waals surface area contributed by atoms with Gasteiger partial charge in [0.25, 0.3) is 0 Å². The third-order valence-corrected chi connectivity index (χ3v) is 4.20. The van der Waals surface area contributed by atoms with Crippen molar-refractivity contribution in [1.82, 2.24) is 0 Å². The van der Waals surface area contributed by atoms with Crippen LogP contribution >= 0.6 is 11.6 Å². The molecule has 2 rings (SSSR count). The average molecular weight is 215 g/mol. The average Bonchev–Trinajstić information content (AvgIpc) is 2.23. The molecule has 2 nitrogen and oxygen atoms in total. The van der Waals surface area contributed by atoms with E-state index in [1.165, 1.54) is 0 Å². The van der Waals surface area contributed by atoms with Gasteiger partial charge in [-0.25, -0.2) is 8.42 Å². The number of halogens is 1. The quantitative estimate of drug-likeness (QED) is 0.665. The van der Waals surface area contributed by atoms with Crippen LogP contribution in [0.25, 0.3) is 6.08 Å². The van der Waals surface area contributed by atoms with Crippen molar-refractivity contribution in [3.63, 3.8) is 0 Å². The van der Waals surface area contributed by atoms with E-state index in [0.717, 1.165) is 0 Å². The van der Waals surface area contributed by atoms with Crippen LogP contribution in [0.4, 0.5) is 0 Å². The summed E-state index contributed by atoms with van der Waals surface area (Å²) in [5.74, 6) is 0. The smallest absolute Gasteiger partial charge is 0.203 e. The Balaban J connectivity index is 2.80. The maximum absolute atomic E-state index is 11.6. The number of benzene rings is 1. The van der Waals surface area contributed by atoms with Gasteiger partial charge in [0, 0.05) is 9.93 Å². The lowest BCUT2D eigenvalue weighted by Gasteiger charge is -1.98. The van der Waals surface area contributed by atoms with E-state index in [0.29, 0.717) is 20.4 Å². The molecule has 0 saturated carbocycles. The minimum absolute atomic E-state index is 0.356. The monoisotopic (exact) mass is 214 g/mol. The normalized spacial score (nSPS) is 18.2. The van der Waals surface area contributed by atoms with Crippen molar-refractivity contribution in [1.29, 1.82) is 0 Å². The molecule has 68 valence electrons. The summed E-state index contributed by atoms with van der Waals surface area (Å²) in [6, 6.07) is 4.79. The van der Waals surface area contributed by atoms with Gasteiger partial charge in [-0.2, -0.15) is 0 Å². The van der Waals surface area contributed by atoms with Gasteiger partial charge in [0.2, 0.25) is 9.84 Å². The van der Waals surface area contributed by atoms with Crippen LogP contribution in [0.1, 0.15) is 12.5 Å². The highest BCUT2D eigenvalue weighted by atomic mass is 35.5. The number of allylic oxidation sites excluding steroid dienone is 1. The molecular formula is C9H7ClO2S. The molecule has 4 heteroatoms. The highest BCUT2D eigenvalue weighted by molar-refractivity contribution is 7.95. The van der Waals surface area contributed by atoms with Gasteiger partial charge >= 0.3 is 0 Å². The molecule has 0 aromatic heterocycles. The van der Waals surface area contributed by atoms with E-state index in [-0.39, 0.29) is 0 Å². The molecule has 0 amide bonds. The summed E-state index contributed by atoms with van der Waals surface area (Å²) < 4.78 is 23.2. The highest BCUT2D eigenvalue weighted by Crippen LogP contribution is 2.33. The van der Waals surface area contributed by atoms with E-state index < -0.39 is 9.84 Å². The number of hydrogen-bond donors (Lipinski definition) is 0. The van der Waals surface area contributed by atoms with Crippen molar-refractivity contribution >= 4 is 27.5 Å². The molecule has 1 aromatic rings. The highest BCUT2D eigenvalue weighted by Gasteiger charge is 2.25. The van der Waals surface area contributed by atoms with Gasteiger partial charge in [0.1, 0.15) is 0 Å². The lowest BCUT2D eigenvalue weighted by Crippen LogP contribution is -1.97. The van der Waals surface area contributed by atoms with Gasteiger partial charge in [-0.1, -0.05) is 11.6 Å². The summed E-state index contributed by atoms with van der Waals surface area (Å²) in [6.07, 6.45) is 1.64. The van der Waals surface area contributed by atoms with Crippen molar-refractivity contribution in [3.8, 4) is 0 Å². The first-order valence-corrected chi connectivity index (χ1v) is 5.61. The zero-order valence-electron chi connectivity index (χ0n) is 6.91. The Morgan fingerprint density at radius 1 is 1.31 bits per heavy atom. The fraction of sp³-hybridized carbons (Fsp3) is 0.111. The van der Waals surface area contributed by atoms with E-state index >= 15 is 0 Å². The third kappa shape index (κ3) is 1.19. The Bertz CT molecular complexity index is 500. The van der Waals surface area contributed by atoms with E-state index in [1.54, 1.807) is 31.2 Å². The molecule has 13 heavy (non-hydrogen) atoms. The molecule has 0 saturated heterocycles. The number of fused-ring (bicyclic) bond motifs is 1. The Morgan fingerprint density at radius 2 is 2.00 bits per heavy atom. The molecule has 1 aliphatic heterocycles. The van der Waals surface area contributed by atoms with E-state index in [4.69, 9.17) is 11.6 Å². The Morgan fingerprint density at radius 3 is 2.69 bits per heavy atom. The van der Waals surface area contributed by atoms with Gasteiger partial charge in [0.05, 0.1) is 4.90 Å². The maximum atomic E-state index is 11.6. The first-order valence-electron chi connectivity index (χ1n) is 3.75. The zero-order valence-corrected chi connectivity index (χ0v) is 8.48.